The van der Waals surface area contributed by atoms with Crippen molar-refractivity contribution in [2.45, 2.75) is 19.8 Å². The summed E-state index contributed by atoms with van der Waals surface area (Å²) in [5, 5.41) is 4.68. The van der Waals surface area contributed by atoms with Crippen molar-refractivity contribution in [2.24, 2.45) is 0 Å². The predicted molar refractivity (Wildman–Crippen MR) is 85.2 cm³/mol. The monoisotopic (exact) mass is 298 g/mol. The van der Waals surface area contributed by atoms with E-state index in [0.29, 0.717) is 17.4 Å². The van der Waals surface area contributed by atoms with Crippen LogP contribution < -0.4 is 15.4 Å². The number of hydrogen-bond acceptors (Lipinski definition) is 3. The van der Waals surface area contributed by atoms with Gasteiger partial charge in [0.1, 0.15) is 5.75 Å². The molecule has 0 saturated carbocycles. The third kappa shape index (κ3) is 4.63. The van der Waals surface area contributed by atoms with E-state index >= 15 is 0 Å². The number of urea groups is 1. The van der Waals surface area contributed by atoms with Gasteiger partial charge in [0.05, 0.1) is 0 Å². The quantitative estimate of drug-likeness (QED) is 0.895. The van der Waals surface area contributed by atoms with E-state index in [4.69, 9.17) is 4.74 Å². The maximum absolute atomic E-state index is 11.7. The zero-order valence-corrected chi connectivity index (χ0v) is 12.5. The summed E-state index contributed by atoms with van der Waals surface area (Å²) >= 11 is 0. The highest BCUT2D eigenvalue weighted by Gasteiger charge is 2.10. The molecule has 5 heteroatoms. The van der Waals surface area contributed by atoms with Gasteiger partial charge in [0.15, 0.2) is 0 Å². The molecule has 0 saturated heterocycles. The van der Waals surface area contributed by atoms with Gasteiger partial charge in [-0.2, -0.15) is 0 Å². The summed E-state index contributed by atoms with van der Waals surface area (Å²) in [6.45, 7) is 4.18. The van der Waals surface area contributed by atoms with E-state index in [1.165, 1.54) is 5.56 Å². The number of nitrogens with one attached hydrogen (secondary N) is 2. The summed E-state index contributed by atoms with van der Waals surface area (Å²) in [4.78, 5) is 23.3. The van der Waals surface area contributed by atoms with Crippen LogP contribution in [0.3, 0.4) is 0 Å². The summed E-state index contributed by atoms with van der Waals surface area (Å²) in [5.41, 5.74) is 1.78. The number of imide groups is 1. The van der Waals surface area contributed by atoms with Gasteiger partial charge in [-0.25, -0.2) is 14.9 Å². The molecule has 2 aromatic carbocycles. The summed E-state index contributed by atoms with van der Waals surface area (Å²) in [7, 11) is 0. The first kappa shape index (κ1) is 15.6. The molecule has 2 aromatic rings. The van der Waals surface area contributed by atoms with E-state index in [1.54, 1.807) is 42.5 Å². The van der Waals surface area contributed by atoms with Gasteiger partial charge in [-0.15, -0.1) is 0 Å². The number of carbonyl (C=O) groups is 2. The lowest BCUT2D eigenvalue weighted by Crippen LogP contribution is -2.36. The van der Waals surface area contributed by atoms with E-state index in [1.807, 2.05) is 12.1 Å². The molecule has 114 valence electrons. The molecule has 0 unspecified atom stereocenters. The molecule has 0 aliphatic carbocycles. The molecule has 5 nitrogen and oxygen atoms in total. The van der Waals surface area contributed by atoms with Gasteiger partial charge >= 0.3 is 12.1 Å². The minimum absolute atomic E-state index is 0.370. The summed E-state index contributed by atoms with van der Waals surface area (Å²) in [6.07, 6.45) is -0.831. The van der Waals surface area contributed by atoms with Crippen LogP contribution in [0.25, 0.3) is 0 Å². The second kappa shape index (κ2) is 7.26. The third-order valence-electron chi connectivity index (χ3n) is 3.00. The molecule has 0 aromatic heterocycles. The SMILES string of the molecule is CC(C)c1ccc(NC(=O)NC(=O)Oc2ccccc2)cc1. The van der Waals surface area contributed by atoms with Crippen molar-refractivity contribution < 1.29 is 14.3 Å². The second-order valence-corrected chi connectivity index (χ2v) is 5.06. The topological polar surface area (TPSA) is 67.4 Å². The number of carbonyl (C=O) groups excluding carboxylic acids is 2. The highest BCUT2D eigenvalue weighted by atomic mass is 16.6. The van der Waals surface area contributed by atoms with Gasteiger partial charge in [0, 0.05) is 5.69 Å². The standard InChI is InChI=1S/C17H18N2O3/c1-12(2)13-8-10-14(11-9-13)18-16(20)19-17(21)22-15-6-4-3-5-7-15/h3-12H,1-2H3,(H2,18,19,20,21). The maximum Gasteiger partial charge on any atom is 0.420 e. The van der Waals surface area contributed by atoms with Crippen molar-refractivity contribution >= 4 is 17.8 Å². The Hall–Kier alpha value is -2.82. The van der Waals surface area contributed by atoms with Gasteiger partial charge in [-0.1, -0.05) is 44.2 Å². The third-order valence-corrected chi connectivity index (χ3v) is 3.00. The minimum Gasteiger partial charge on any atom is -0.410 e. The Morgan fingerprint density at radius 1 is 0.955 bits per heavy atom. The van der Waals surface area contributed by atoms with Gasteiger partial charge in [0.2, 0.25) is 0 Å². The van der Waals surface area contributed by atoms with Crippen LogP contribution in [0.15, 0.2) is 54.6 Å². The zero-order valence-electron chi connectivity index (χ0n) is 12.5. The Morgan fingerprint density at radius 2 is 1.59 bits per heavy atom. The molecule has 0 fully saturated rings. The number of anilines is 1. The number of rotatable bonds is 3. The van der Waals surface area contributed by atoms with Crippen molar-refractivity contribution in [2.75, 3.05) is 5.32 Å². The molecule has 0 spiro atoms. The normalized spacial score (nSPS) is 10.1. The Morgan fingerprint density at radius 3 is 2.18 bits per heavy atom. The first-order valence-corrected chi connectivity index (χ1v) is 6.99. The average molecular weight is 298 g/mol. The van der Waals surface area contributed by atoms with Crippen LogP contribution >= 0.6 is 0 Å². The Kier molecular flexibility index (Phi) is 5.14. The molecule has 0 aliphatic heterocycles. The fourth-order valence-electron chi connectivity index (χ4n) is 1.83. The average Bonchev–Trinajstić information content (AvgIpc) is 2.48. The van der Waals surface area contributed by atoms with Crippen LogP contribution in [-0.4, -0.2) is 12.1 Å². The molecular weight excluding hydrogens is 280 g/mol. The van der Waals surface area contributed by atoms with Crippen LogP contribution in [0.4, 0.5) is 15.3 Å². The second-order valence-electron chi connectivity index (χ2n) is 5.06. The lowest BCUT2D eigenvalue weighted by molar-refractivity contribution is 0.199. The summed E-state index contributed by atoms with van der Waals surface area (Å²) in [6, 6.07) is 15.3. The Labute approximate surface area is 129 Å². The van der Waals surface area contributed by atoms with E-state index < -0.39 is 12.1 Å². The molecule has 0 atom stereocenters. The molecule has 0 heterocycles. The summed E-state index contributed by atoms with van der Waals surface area (Å²) in [5.74, 6) is 0.790. The van der Waals surface area contributed by atoms with Crippen LogP contribution in [0.5, 0.6) is 5.75 Å². The Balaban J connectivity index is 1.86. The predicted octanol–water partition coefficient (Wildman–Crippen LogP) is 4.13. The van der Waals surface area contributed by atoms with Gasteiger partial charge in [0.25, 0.3) is 0 Å². The molecule has 0 bridgehead atoms. The van der Waals surface area contributed by atoms with Gasteiger partial charge in [-0.05, 0) is 35.7 Å². The zero-order chi connectivity index (χ0) is 15.9. The minimum atomic E-state index is -0.831. The number of amides is 3. The van der Waals surface area contributed by atoms with Crippen LogP contribution in [-0.2, 0) is 0 Å². The highest BCUT2D eigenvalue weighted by Crippen LogP contribution is 2.17. The fraction of sp³-hybridized carbons (Fsp3) is 0.176. The number of ether oxygens (including phenoxy) is 1. The lowest BCUT2D eigenvalue weighted by atomic mass is 10.0. The first-order chi connectivity index (χ1) is 10.5. The van der Waals surface area contributed by atoms with Crippen LogP contribution in [0, 0.1) is 0 Å². The van der Waals surface area contributed by atoms with Crippen molar-refractivity contribution in [3.8, 4) is 5.75 Å². The van der Waals surface area contributed by atoms with Crippen molar-refractivity contribution in [1.82, 2.24) is 5.32 Å². The Bertz CT molecular complexity index is 637. The molecule has 0 aliphatic rings. The lowest BCUT2D eigenvalue weighted by Gasteiger charge is -2.09. The van der Waals surface area contributed by atoms with Crippen LogP contribution in [0.2, 0.25) is 0 Å². The molecule has 0 radical (unpaired) electrons. The molecular formula is C17H18N2O3. The maximum atomic E-state index is 11.7. The number of benzene rings is 2. The molecule has 22 heavy (non-hydrogen) atoms. The number of hydrogen-bond donors (Lipinski definition) is 2. The van der Waals surface area contributed by atoms with Crippen molar-refractivity contribution in [3.05, 3.63) is 60.2 Å². The smallest absolute Gasteiger partial charge is 0.410 e. The van der Waals surface area contributed by atoms with Crippen LogP contribution in [0.1, 0.15) is 25.3 Å². The first-order valence-electron chi connectivity index (χ1n) is 6.99. The van der Waals surface area contributed by atoms with Crippen molar-refractivity contribution in [3.63, 3.8) is 0 Å². The molecule has 2 N–H and O–H groups in total. The largest absolute Gasteiger partial charge is 0.420 e. The van der Waals surface area contributed by atoms with E-state index in [0.717, 1.165) is 0 Å². The van der Waals surface area contributed by atoms with Gasteiger partial charge in [-0.3, -0.25) is 0 Å². The van der Waals surface area contributed by atoms with Gasteiger partial charge < -0.3 is 10.1 Å². The number of para-hydroxylation sites is 1. The fourth-order valence-corrected chi connectivity index (χ4v) is 1.83. The van der Waals surface area contributed by atoms with E-state index in [2.05, 4.69) is 24.5 Å². The van der Waals surface area contributed by atoms with Crippen molar-refractivity contribution in [1.29, 1.82) is 0 Å². The highest BCUT2D eigenvalue weighted by molar-refractivity contribution is 5.99. The van der Waals surface area contributed by atoms with E-state index in [-0.39, 0.29) is 0 Å². The molecule has 3 amide bonds. The summed E-state index contributed by atoms with van der Waals surface area (Å²) < 4.78 is 4.96. The van der Waals surface area contributed by atoms with E-state index in [9.17, 15) is 9.59 Å². The molecule has 2 rings (SSSR count).